The Kier molecular flexibility index (Phi) is 3.30. The maximum atomic E-state index is 13.3. The number of hydrogen-bond donors (Lipinski definition) is 2. The van der Waals surface area contributed by atoms with Crippen LogP contribution in [0.25, 0.3) is 0 Å². The molecule has 92 valence electrons. The van der Waals surface area contributed by atoms with Crippen molar-refractivity contribution in [1.82, 2.24) is 0 Å². The van der Waals surface area contributed by atoms with E-state index in [-0.39, 0.29) is 11.7 Å². The number of nitrogens with zero attached hydrogens (tertiary/aromatic N) is 1. The fourth-order valence-electron chi connectivity index (χ4n) is 1.98. The van der Waals surface area contributed by atoms with E-state index < -0.39 is 0 Å². The summed E-state index contributed by atoms with van der Waals surface area (Å²) in [5, 5.41) is 10.2. The average molecular weight is 261 g/mol. The molecule has 1 aliphatic rings. The van der Waals surface area contributed by atoms with E-state index in [0.29, 0.717) is 21.2 Å². The third-order valence-corrected chi connectivity index (χ3v) is 3.88. The van der Waals surface area contributed by atoms with Gasteiger partial charge in [0, 0.05) is 5.92 Å². The van der Waals surface area contributed by atoms with Gasteiger partial charge in [-0.15, -0.1) is 0 Å². The second kappa shape index (κ2) is 4.75. The highest BCUT2D eigenvalue weighted by Gasteiger charge is 2.28. The normalized spacial score (nSPS) is 19.9. The van der Waals surface area contributed by atoms with E-state index >= 15 is 0 Å². The van der Waals surface area contributed by atoms with Gasteiger partial charge >= 0.3 is 0 Å². The molecule has 1 heterocycles. The van der Waals surface area contributed by atoms with Crippen LogP contribution in [0.1, 0.15) is 18.4 Å². The zero-order chi connectivity index (χ0) is 13.3. The summed E-state index contributed by atoms with van der Waals surface area (Å²) in [6.45, 7) is 1.84. The highest BCUT2D eigenvalue weighted by molar-refractivity contribution is 8.06. The summed E-state index contributed by atoms with van der Waals surface area (Å²) in [5.74, 6) is -0.695. The summed E-state index contributed by atoms with van der Waals surface area (Å²) in [5.41, 5.74) is 13.6. The van der Waals surface area contributed by atoms with E-state index in [4.69, 9.17) is 11.5 Å². The van der Waals surface area contributed by atoms with Crippen LogP contribution in [0.3, 0.4) is 0 Å². The lowest BCUT2D eigenvalue weighted by Crippen LogP contribution is -2.17. The van der Waals surface area contributed by atoms with Crippen molar-refractivity contribution in [3.05, 3.63) is 56.9 Å². The van der Waals surface area contributed by atoms with Gasteiger partial charge in [-0.25, -0.2) is 4.39 Å². The first-order valence-electron chi connectivity index (χ1n) is 5.34. The van der Waals surface area contributed by atoms with Gasteiger partial charge in [0.1, 0.15) is 5.82 Å². The number of nitrogens with two attached hydrogens (primary N) is 2. The second-order valence-corrected chi connectivity index (χ2v) is 5.11. The molecule has 4 N–H and O–H groups in total. The van der Waals surface area contributed by atoms with Crippen molar-refractivity contribution in [3.8, 4) is 6.07 Å². The fourth-order valence-corrected chi connectivity index (χ4v) is 2.77. The van der Waals surface area contributed by atoms with Gasteiger partial charge in [0.25, 0.3) is 0 Å². The number of rotatable bonds is 1. The Labute approximate surface area is 109 Å². The molecule has 1 unspecified atom stereocenters. The summed E-state index contributed by atoms with van der Waals surface area (Å²) < 4.78 is 13.3. The number of thioether (sulfide) groups is 1. The minimum Gasteiger partial charge on any atom is -0.393 e. The predicted molar refractivity (Wildman–Crippen MR) is 70.4 cm³/mol. The van der Waals surface area contributed by atoms with E-state index in [1.807, 2.05) is 6.92 Å². The number of halogens is 1. The molecular weight excluding hydrogens is 249 g/mol. The van der Waals surface area contributed by atoms with Crippen molar-refractivity contribution < 1.29 is 4.39 Å². The van der Waals surface area contributed by atoms with Gasteiger partial charge in [-0.1, -0.05) is 23.9 Å². The van der Waals surface area contributed by atoms with Gasteiger partial charge in [0.05, 0.1) is 21.7 Å². The number of benzene rings is 1. The SMILES string of the molecule is CC1=C(N)SC(N)=C(C#N)C1c1cccc(F)c1. The molecule has 0 fully saturated rings. The molecule has 3 nitrogen and oxygen atoms in total. The molecule has 0 spiro atoms. The molecule has 0 saturated heterocycles. The van der Waals surface area contributed by atoms with Crippen molar-refractivity contribution in [1.29, 1.82) is 5.26 Å². The van der Waals surface area contributed by atoms with Gasteiger partial charge in [0.2, 0.25) is 0 Å². The summed E-state index contributed by atoms with van der Waals surface area (Å²) in [4.78, 5) is 0. The van der Waals surface area contributed by atoms with E-state index in [1.54, 1.807) is 12.1 Å². The average Bonchev–Trinajstić information content (AvgIpc) is 2.33. The Morgan fingerprint density at radius 2 is 2.06 bits per heavy atom. The fraction of sp³-hybridized carbons (Fsp3) is 0.154. The number of hydrogen-bond acceptors (Lipinski definition) is 4. The molecule has 5 heteroatoms. The van der Waals surface area contributed by atoms with Gasteiger partial charge < -0.3 is 11.5 Å². The molecule has 18 heavy (non-hydrogen) atoms. The van der Waals surface area contributed by atoms with Crippen molar-refractivity contribution in [2.24, 2.45) is 11.5 Å². The Morgan fingerprint density at radius 3 is 2.67 bits per heavy atom. The Hall–Kier alpha value is -1.93. The topological polar surface area (TPSA) is 75.8 Å². The van der Waals surface area contributed by atoms with Gasteiger partial charge in [-0.05, 0) is 30.2 Å². The monoisotopic (exact) mass is 261 g/mol. The van der Waals surface area contributed by atoms with Gasteiger partial charge in [-0.2, -0.15) is 5.26 Å². The van der Waals surface area contributed by atoms with E-state index in [0.717, 1.165) is 5.57 Å². The first-order valence-corrected chi connectivity index (χ1v) is 6.15. The molecule has 0 bridgehead atoms. The highest BCUT2D eigenvalue weighted by Crippen LogP contribution is 2.42. The van der Waals surface area contributed by atoms with E-state index in [1.165, 1.54) is 23.9 Å². The lowest BCUT2D eigenvalue weighted by Gasteiger charge is -2.25. The maximum Gasteiger partial charge on any atom is 0.123 e. The number of nitriles is 1. The van der Waals surface area contributed by atoms with Crippen molar-refractivity contribution >= 4 is 11.8 Å². The van der Waals surface area contributed by atoms with E-state index in [2.05, 4.69) is 6.07 Å². The second-order valence-electron chi connectivity index (χ2n) is 4.03. The summed E-state index contributed by atoms with van der Waals surface area (Å²) in [6, 6.07) is 8.24. The smallest absolute Gasteiger partial charge is 0.123 e. The van der Waals surface area contributed by atoms with Crippen molar-refractivity contribution in [2.75, 3.05) is 0 Å². The standard InChI is InChI=1S/C13H12FN3S/c1-7-11(8-3-2-4-9(14)5-8)10(6-15)13(17)18-12(7)16/h2-5,11H,16-17H2,1H3. The van der Waals surface area contributed by atoms with Gasteiger partial charge in [0.15, 0.2) is 0 Å². The minimum atomic E-state index is -0.355. The molecule has 1 aromatic rings. The quantitative estimate of drug-likeness (QED) is 0.814. The Balaban J connectivity index is 2.58. The molecule has 0 radical (unpaired) electrons. The molecule has 1 atom stereocenters. The summed E-state index contributed by atoms with van der Waals surface area (Å²) in [7, 11) is 0. The third kappa shape index (κ3) is 2.07. The van der Waals surface area contributed by atoms with Crippen molar-refractivity contribution in [3.63, 3.8) is 0 Å². The van der Waals surface area contributed by atoms with Crippen LogP contribution in [0.2, 0.25) is 0 Å². The zero-order valence-electron chi connectivity index (χ0n) is 9.77. The zero-order valence-corrected chi connectivity index (χ0v) is 10.6. The maximum absolute atomic E-state index is 13.3. The molecule has 0 aliphatic carbocycles. The minimum absolute atomic E-state index is 0.340. The van der Waals surface area contributed by atoms with Crippen LogP contribution in [0, 0.1) is 17.1 Å². The van der Waals surface area contributed by atoms with E-state index in [9.17, 15) is 9.65 Å². The third-order valence-electron chi connectivity index (χ3n) is 2.90. The molecule has 1 aromatic carbocycles. The molecule has 2 rings (SSSR count). The van der Waals surface area contributed by atoms with Crippen LogP contribution < -0.4 is 11.5 Å². The molecule has 0 aromatic heterocycles. The summed E-state index contributed by atoms with van der Waals surface area (Å²) in [6.07, 6.45) is 0. The highest BCUT2D eigenvalue weighted by atomic mass is 32.2. The lowest BCUT2D eigenvalue weighted by molar-refractivity contribution is 0.624. The largest absolute Gasteiger partial charge is 0.393 e. The molecule has 0 saturated carbocycles. The molecular formula is C13H12FN3S. The summed E-state index contributed by atoms with van der Waals surface area (Å²) >= 11 is 1.18. The van der Waals surface area contributed by atoms with Gasteiger partial charge in [-0.3, -0.25) is 0 Å². The first-order chi connectivity index (χ1) is 8.54. The van der Waals surface area contributed by atoms with Crippen LogP contribution in [-0.2, 0) is 0 Å². The molecule has 0 amide bonds. The Bertz CT molecular complexity index is 598. The predicted octanol–water partition coefficient (Wildman–Crippen LogP) is 2.54. The number of allylic oxidation sites excluding steroid dienone is 2. The molecule has 1 aliphatic heterocycles. The van der Waals surface area contributed by atoms with Crippen LogP contribution in [0.4, 0.5) is 4.39 Å². The van der Waals surface area contributed by atoms with Crippen LogP contribution >= 0.6 is 11.8 Å². The Morgan fingerprint density at radius 1 is 1.33 bits per heavy atom. The van der Waals surface area contributed by atoms with Crippen LogP contribution in [0.5, 0.6) is 0 Å². The van der Waals surface area contributed by atoms with Crippen LogP contribution in [0.15, 0.2) is 45.5 Å². The first kappa shape index (κ1) is 12.5. The van der Waals surface area contributed by atoms with Crippen molar-refractivity contribution in [2.45, 2.75) is 12.8 Å². The lowest BCUT2D eigenvalue weighted by atomic mass is 9.86. The van der Waals surface area contributed by atoms with Crippen LogP contribution in [-0.4, -0.2) is 0 Å².